The summed E-state index contributed by atoms with van der Waals surface area (Å²) in [6.07, 6.45) is 15.9. The molecular weight excluding hydrogens is 313 g/mol. The molecule has 0 aromatic rings. The number of carboxylic acid groups (broad SMARTS) is 1. The zero-order valence-electron chi connectivity index (χ0n) is 14.9. The van der Waals surface area contributed by atoms with Crippen LogP contribution < -0.4 is 0 Å². The zero-order valence-corrected chi connectivity index (χ0v) is 14.9. The summed E-state index contributed by atoms with van der Waals surface area (Å²) in [6.45, 7) is 2.87. The monoisotopic (exact) mass is 349 g/mol. The summed E-state index contributed by atoms with van der Waals surface area (Å²) < 4.78 is 0. The van der Waals surface area contributed by atoms with Gasteiger partial charge in [-0.2, -0.15) is 0 Å². The Hall–Kier alpha value is -0.0600. The van der Waals surface area contributed by atoms with Gasteiger partial charge >= 0.3 is 35.5 Å². The van der Waals surface area contributed by atoms with Gasteiger partial charge in [-0.25, -0.2) is 4.79 Å². The van der Waals surface area contributed by atoms with Crippen LogP contribution in [0.15, 0.2) is 0 Å². The normalized spacial score (nSPS) is 16.9. The van der Waals surface area contributed by atoms with Crippen molar-refractivity contribution >= 4 is 41.4 Å². The van der Waals surface area contributed by atoms with Gasteiger partial charge in [0.1, 0.15) is 6.04 Å². The molecule has 136 valence electrons. The van der Waals surface area contributed by atoms with Crippen molar-refractivity contribution < 1.29 is 14.7 Å². The molecule has 4 nitrogen and oxygen atoms in total. The predicted octanol–water partition coefficient (Wildman–Crippen LogP) is 4.11. The molecule has 1 saturated heterocycles. The van der Waals surface area contributed by atoms with E-state index in [-0.39, 0.29) is 35.5 Å². The molecule has 1 rings (SSSR count). The van der Waals surface area contributed by atoms with Crippen LogP contribution in [-0.4, -0.2) is 64.0 Å². The van der Waals surface area contributed by atoms with Gasteiger partial charge in [0, 0.05) is 13.0 Å². The number of aliphatic carboxylic acids is 1. The van der Waals surface area contributed by atoms with Gasteiger partial charge in [-0.1, -0.05) is 71.1 Å². The van der Waals surface area contributed by atoms with Crippen molar-refractivity contribution in [1.82, 2.24) is 4.90 Å². The Morgan fingerprint density at radius 1 is 0.917 bits per heavy atom. The Morgan fingerprint density at radius 2 is 1.42 bits per heavy atom. The van der Waals surface area contributed by atoms with E-state index < -0.39 is 12.0 Å². The second kappa shape index (κ2) is 15.2. The molecule has 0 saturated carbocycles. The number of hydrogen-bond acceptors (Lipinski definition) is 2. The number of carboxylic acids is 1. The molecule has 1 atom stereocenters. The standard InChI is InChI=1S/C19H35NO3.Na.H/c1-2-3-4-5-6-7-8-9-10-11-12-15-18(21)20-16-13-14-17(20)19(22)23;;/h17H,2-16H2,1H3,(H,22,23);;/t17-;;/m0../s1. The number of rotatable bonds is 13. The molecule has 0 bridgehead atoms. The first-order valence-electron chi connectivity index (χ1n) is 9.69. The van der Waals surface area contributed by atoms with Crippen LogP contribution in [0.1, 0.15) is 96.8 Å². The van der Waals surface area contributed by atoms with Gasteiger partial charge in [0.2, 0.25) is 5.91 Å². The maximum atomic E-state index is 12.1. The maximum absolute atomic E-state index is 12.1. The van der Waals surface area contributed by atoms with Crippen LogP contribution in [0, 0.1) is 0 Å². The molecule has 5 heteroatoms. The van der Waals surface area contributed by atoms with Gasteiger partial charge in [-0.15, -0.1) is 0 Å². The molecular formula is C19H36NNaO3. The van der Waals surface area contributed by atoms with E-state index in [9.17, 15) is 9.59 Å². The van der Waals surface area contributed by atoms with Crippen LogP contribution in [0.4, 0.5) is 0 Å². The van der Waals surface area contributed by atoms with Crippen LogP contribution in [0.25, 0.3) is 0 Å². The molecule has 1 fully saturated rings. The quantitative estimate of drug-likeness (QED) is 0.402. The number of carbonyl (C=O) groups is 2. The fourth-order valence-corrected chi connectivity index (χ4v) is 3.41. The number of likely N-dealkylation sites (tertiary alicyclic amines) is 1. The van der Waals surface area contributed by atoms with Gasteiger partial charge in [0.25, 0.3) is 0 Å². The zero-order chi connectivity index (χ0) is 16.9. The van der Waals surface area contributed by atoms with Gasteiger partial charge in [-0.3, -0.25) is 4.79 Å². The Morgan fingerprint density at radius 3 is 1.92 bits per heavy atom. The minimum atomic E-state index is -0.852. The van der Waals surface area contributed by atoms with E-state index in [2.05, 4.69) is 6.92 Å². The first-order valence-corrected chi connectivity index (χ1v) is 9.69. The molecule has 0 unspecified atom stereocenters. The third kappa shape index (κ3) is 10.0. The Bertz CT molecular complexity index is 350. The molecule has 1 N–H and O–H groups in total. The van der Waals surface area contributed by atoms with Crippen LogP contribution in [0.2, 0.25) is 0 Å². The summed E-state index contributed by atoms with van der Waals surface area (Å²) >= 11 is 0. The molecule has 0 radical (unpaired) electrons. The van der Waals surface area contributed by atoms with Crippen molar-refractivity contribution in [3.63, 3.8) is 0 Å². The van der Waals surface area contributed by atoms with Gasteiger partial charge in [-0.05, 0) is 19.3 Å². The summed E-state index contributed by atoms with van der Waals surface area (Å²) in [4.78, 5) is 24.7. The summed E-state index contributed by atoms with van der Waals surface area (Å²) in [5.41, 5.74) is 0. The first kappa shape index (κ1) is 23.9. The van der Waals surface area contributed by atoms with E-state index >= 15 is 0 Å². The van der Waals surface area contributed by atoms with Crippen LogP contribution in [-0.2, 0) is 9.59 Å². The summed E-state index contributed by atoms with van der Waals surface area (Å²) in [5.74, 6) is -0.819. The minimum absolute atomic E-state index is 0. The van der Waals surface area contributed by atoms with Gasteiger partial charge in [0.15, 0.2) is 0 Å². The van der Waals surface area contributed by atoms with Crippen molar-refractivity contribution in [2.45, 2.75) is 103 Å². The molecule has 1 amide bonds. The van der Waals surface area contributed by atoms with Gasteiger partial charge in [0.05, 0.1) is 0 Å². The van der Waals surface area contributed by atoms with E-state index in [4.69, 9.17) is 5.11 Å². The second-order valence-electron chi connectivity index (χ2n) is 6.87. The number of carbonyl (C=O) groups excluding carboxylic acids is 1. The molecule has 0 aromatic heterocycles. The van der Waals surface area contributed by atoms with Crippen molar-refractivity contribution in [2.24, 2.45) is 0 Å². The number of hydrogen-bond donors (Lipinski definition) is 1. The molecule has 1 aliphatic heterocycles. The van der Waals surface area contributed by atoms with Crippen molar-refractivity contribution in [2.75, 3.05) is 6.54 Å². The molecule has 0 aromatic carbocycles. The number of nitrogens with zero attached hydrogens (tertiary/aromatic N) is 1. The molecule has 24 heavy (non-hydrogen) atoms. The summed E-state index contributed by atoms with van der Waals surface area (Å²) in [5, 5.41) is 9.10. The SMILES string of the molecule is CCCCCCCCCCCCCC(=O)N1CCC[C@H]1C(=O)O.[NaH]. The fourth-order valence-electron chi connectivity index (χ4n) is 3.41. The van der Waals surface area contributed by atoms with Crippen molar-refractivity contribution in [1.29, 1.82) is 0 Å². The fraction of sp³-hybridized carbons (Fsp3) is 0.895. The van der Waals surface area contributed by atoms with E-state index in [1.807, 2.05) is 0 Å². The first-order chi connectivity index (χ1) is 11.2. The van der Waals surface area contributed by atoms with Crippen molar-refractivity contribution in [3.8, 4) is 0 Å². The molecule has 0 spiro atoms. The van der Waals surface area contributed by atoms with E-state index in [1.54, 1.807) is 4.90 Å². The Labute approximate surface area is 170 Å². The van der Waals surface area contributed by atoms with Crippen LogP contribution in [0.3, 0.4) is 0 Å². The summed E-state index contributed by atoms with van der Waals surface area (Å²) in [6, 6.07) is -0.574. The van der Waals surface area contributed by atoms with E-state index in [1.165, 1.54) is 57.8 Å². The third-order valence-electron chi connectivity index (χ3n) is 4.85. The average molecular weight is 349 g/mol. The van der Waals surface area contributed by atoms with Crippen LogP contribution >= 0.6 is 0 Å². The molecule has 0 aliphatic carbocycles. The molecule has 1 aliphatic rings. The van der Waals surface area contributed by atoms with Crippen LogP contribution in [0.5, 0.6) is 0 Å². The Kier molecular flexibility index (Phi) is 15.2. The van der Waals surface area contributed by atoms with Crippen molar-refractivity contribution in [3.05, 3.63) is 0 Å². The topological polar surface area (TPSA) is 57.6 Å². The Balaban J connectivity index is 0.00000529. The predicted molar refractivity (Wildman–Crippen MR) is 101 cm³/mol. The molecule has 1 heterocycles. The van der Waals surface area contributed by atoms with Gasteiger partial charge < -0.3 is 10.0 Å². The number of unbranched alkanes of at least 4 members (excludes halogenated alkanes) is 10. The van der Waals surface area contributed by atoms with E-state index in [0.717, 1.165) is 19.3 Å². The average Bonchev–Trinajstić information content (AvgIpc) is 3.02. The third-order valence-corrected chi connectivity index (χ3v) is 4.85. The number of amides is 1. The van der Waals surface area contributed by atoms with E-state index in [0.29, 0.717) is 19.4 Å². The second-order valence-corrected chi connectivity index (χ2v) is 6.87. The summed E-state index contributed by atoms with van der Waals surface area (Å²) in [7, 11) is 0.